The van der Waals surface area contributed by atoms with Gasteiger partial charge in [-0.15, -0.1) is 0 Å². The number of hydrogen-bond donors (Lipinski definition) is 3. The second-order valence-electron chi connectivity index (χ2n) is 7.26. The Kier molecular flexibility index (Phi) is 7.35. The molecule has 10 nitrogen and oxygen atoms in total. The molecule has 31 heavy (non-hydrogen) atoms. The van der Waals surface area contributed by atoms with E-state index in [0.717, 1.165) is 19.3 Å². The van der Waals surface area contributed by atoms with Crippen molar-refractivity contribution in [2.75, 3.05) is 32.2 Å². The molecule has 0 saturated carbocycles. The van der Waals surface area contributed by atoms with Gasteiger partial charge in [0.15, 0.2) is 11.5 Å². The number of ether oxygens (including phenoxy) is 2. The van der Waals surface area contributed by atoms with Crippen LogP contribution in [-0.2, 0) is 6.54 Å². The topological polar surface area (TPSA) is 126 Å². The van der Waals surface area contributed by atoms with Crippen LogP contribution in [0.5, 0.6) is 11.5 Å². The molecule has 1 aromatic heterocycles. The number of benzene rings is 1. The number of aryl methyl sites for hydroxylation is 1. The quantitative estimate of drug-likeness (QED) is 0.520. The fourth-order valence-corrected chi connectivity index (χ4v) is 3.72. The van der Waals surface area contributed by atoms with Crippen molar-refractivity contribution in [1.82, 2.24) is 15.1 Å². The van der Waals surface area contributed by atoms with Gasteiger partial charge in [0.25, 0.3) is 5.91 Å². The van der Waals surface area contributed by atoms with Crippen LogP contribution in [0.2, 0.25) is 0 Å². The highest BCUT2D eigenvalue weighted by atomic mass is 16.5. The van der Waals surface area contributed by atoms with Crippen molar-refractivity contribution in [2.45, 2.75) is 38.3 Å². The van der Waals surface area contributed by atoms with Crippen LogP contribution in [-0.4, -0.2) is 59.3 Å². The summed E-state index contributed by atoms with van der Waals surface area (Å²) in [7, 11) is 3.05. The van der Waals surface area contributed by atoms with Crippen LogP contribution in [0.4, 0.5) is 10.5 Å². The Bertz CT molecular complexity index is 929. The van der Waals surface area contributed by atoms with Gasteiger partial charge >= 0.3 is 6.09 Å². The number of carboxylic acid groups (broad SMARTS) is 1. The van der Waals surface area contributed by atoms with Gasteiger partial charge in [0.1, 0.15) is 0 Å². The monoisotopic (exact) mass is 432 g/mol. The summed E-state index contributed by atoms with van der Waals surface area (Å²) in [5, 5.41) is 25.9. The van der Waals surface area contributed by atoms with E-state index in [2.05, 4.69) is 10.4 Å². The molecule has 168 valence electrons. The van der Waals surface area contributed by atoms with Gasteiger partial charge in [-0.05, 0) is 43.9 Å². The minimum Gasteiger partial charge on any atom is -0.493 e. The molecule has 3 N–H and O–H groups in total. The minimum atomic E-state index is -1.02. The average Bonchev–Trinajstić information content (AvgIpc) is 3.20. The third-order valence-corrected chi connectivity index (χ3v) is 5.29. The number of aliphatic hydroxyl groups is 1. The number of rotatable bonds is 9. The molecule has 2 aromatic rings. The second kappa shape index (κ2) is 10.2. The van der Waals surface area contributed by atoms with Gasteiger partial charge in [-0.1, -0.05) is 0 Å². The van der Waals surface area contributed by atoms with Gasteiger partial charge in [0.2, 0.25) is 0 Å². The van der Waals surface area contributed by atoms with Gasteiger partial charge in [-0.2, -0.15) is 5.10 Å². The highest BCUT2D eigenvalue weighted by molar-refractivity contribution is 6.07. The number of anilines is 1. The number of amides is 2. The van der Waals surface area contributed by atoms with Crippen LogP contribution in [0.1, 0.15) is 47.8 Å². The number of aromatic nitrogens is 2. The third kappa shape index (κ3) is 5.08. The lowest BCUT2D eigenvalue weighted by Gasteiger charge is -2.30. The highest BCUT2D eigenvalue weighted by Gasteiger charge is 2.32. The summed E-state index contributed by atoms with van der Waals surface area (Å²) in [4.78, 5) is 25.3. The first-order chi connectivity index (χ1) is 15.0. The number of unbranched alkanes of at least 4 members (excludes halogenated alkanes) is 2. The second-order valence-corrected chi connectivity index (χ2v) is 7.26. The lowest BCUT2D eigenvalue weighted by atomic mass is 10.0. The van der Waals surface area contributed by atoms with Crippen molar-refractivity contribution in [3.8, 4) is 11.5 Å². The molecule has 10 heteroatoms. The van der Waals surface area contributed by atoms with E-state index in [0.29, 0.717) is 54.5 Å². The summed E-state index contributed by atoms with van der Waals surface area (Å²) in [6.45, 7) is 1.37. The number of aliphatic hydroxyl groups excluding tert-OH is 1. The SMILES string of the molecule is COc1ccc(C(=O)N2CCC(O)c3c2cnn3CCCCCNC(=O)O)cc1OC. The Morgan fingerprint density at radius 1 is 1.19 bits per heavy atom. The largest absolute Gasteiger partial charge is 0.493 e. The normalized spacial score (nSPS) is 15.3. The van der Waals surface area contributed by atoms with Crippen LogP contribution in [0.25, 0.3) is 0 Å². The maximum Gasteiger partial charge on any atom is 0.404 e. The molecule has 1 aliphatic rings. The molecule has 2 heterocycles. The fourth-order valence-electron chi connectivity index (χ4n) is 3.72. The average molecular weight is 432 g/mol. The molecule has 0 spiro atoms. The summed E-state index contributed by atoms with van der Waals surface area (Å²) in [5.74, 6) is 0.812. The van der Waals surface area contributed by atoms with Gasteiger partial charge < -0.3 is 29.9 Å². The van der Waals surface area contributed by atoms with Gasteiger partial charge in [-0.3, -0.25) is 9.48 Å². The molecule has 2 amide bonds. The maximum absolute atomic E-state index is 13.2. The number of methoxy groups -OCH3 is 2. The summed E-state index contributed by atoms with van der Waals surface area (Å²) >= 11 is 0. The summed E-state index contributed by atoms with van der Waals surface area (Å²) in [6.07, 6.45) is 2.64. The molecule has 3 rings (SSSR count). The predicted octanol–water partition coefficient (Wildman–Crippen LogP) is 2.42. The first-order valence-corrected chi connectivity index (χ1v) is 10.2. The van der Waals surface area contributed by atoms with E-state index in [1.54, 1.807) is 34.0 Å². The molecule has 0 saturated heterocycles. The van der Waals surface area contributed by atoms with E-state index >= 15 is 0 Å². The molecular formula is C21H28N4O6. The predicted molar refractivity (Wildman–Crippen MR) is 113 cm³/mol. The maximum atomic E-state index is 13.2. The number of carbonyl (C=O) groups excluding carboxylic acids is 1. The number of fused-ring (bicyclic) bond motifs is 1. The fraction of sp³-hybridized carbons (Fsp3) is 0.476. The van der Waals surface area contributed by atoms with Crippen molar-refractivity contribution < 1.29 is 29.3 Å². The first kappa shape index (κ1) is 22.4. The first-order valence-electron chi connectivity index (χ1n) is 10.2. The van der Waals surface area contributed by atoms with E-state index in [-0.39, 0.29) is 5.91 Å². The Hall–Kier alpha value is -3.27. The lowest BCUT2D eigenvalue weighted by molar-refractivity contribution is 0.0966. The summed E-state index contributed by atoms with van der Waals surface area (Å²) in [6, 6.07) is 5.01. The zero-order valence-electron chi connectivity index (χ0n) is 17.7. The molecule has 1 atom stereocenters. The molecule has 1 aliphatic heterocycles. The molecule has 0 fully saturated rings. The van der Waals surface area contributed by atoms with Crippen LogP contribution in [0.3, 0.4) is 0 Å². The number of carbonyl (C=O) groups is 2. The van der Waals surface area contributed by atoms with E-state index in [4.69, 9.17) is 14.6 Å². The Balaban J connectivity index is 1.71. The molecule has 1 aromatic carbocycles. The standard InChI is InChI=1S/C21H28N4O6/c1-30-17-7-6-14(12-18(17)31-2)20(27)24-11-8-16(26)19-15(24)13-23-25(19)10-5-3-4-9-22-21(28)29/h6-7,12-13,16,22,26H,3-5,8-11H2,1-2H3,(H,28,29). The molecular weight excluding hydrogens is 404 g/mol. The van der Waals surface area contributed by atoms with E-state index in [9.17, 15) is 14.7 Å². The summed E-state index contributed by atoms with van der Waals surface area (Å²) < 4.78 is 12.3. The van der Waals surface area contributed by atoms with Crippen molar-refractivity contribution in [1.29, 1.82) is 0 Å². The van der Waals surface area contributed by atoms with Crippen molar-refractivity contribution in [3.63, 3.8) is 0 Å². The van der Waals surface area contributed by atoms with E-state index in [1.807, 2.05) is 0 Å². The van der Waals surface area contributed by atoms with Crippen molar-refractivity contribution >= 4 is 17.7 Å². The molecule has 0 aliphatic carbocycles. The van der Waals surface area contributed by atoms with Gasteiger partial charge in [-0.25, -0.2) is 4.79 Å². The Labute approximate surface area is 180 Å². The number of nitrogens with one attached hydrogen (secondary N) is 1. The zero-order valence-corrected chi connectivity index (χ0v) is 17.7. The van der Waals surface area contributed by atoms with Crippen LogP contribution in [0.15, 0.2) is 24.4 Å². The van der Waals surface area contributed by atoms with Crippen LogP contribution >= 0.6 is 0 Å². The van der Waals surface area contributed by atoms with Crippen molar-refractivity contribution in [3.05, 3.63) is 35.7 Å². The molecule has 0 bridgehead atoms. The zero-order chi connectivity index (χ0) is 22.4. The van der Waals surface area contributed by atoms with Gasteiger partial charge in [0.05, 0.1) is 37.9 Å². The molecule has 0 radical (unpaired) electrons. The minimum absolute atomic E-state index is 0.201. The van der Waals surface area contributed by atoms with Gasteiger partial charge in [0, 0.05) is 25.2 Å². The molecule has 1 unspecified atom stereocenters. The Morgan fingerprint density at radius 2 is 1.97 bits per heavy atom. The lowest BCUT2D eigenvalue weighted by Crippen LogP contribution is -2.37. The van der Waals surface area contributed by atoms with Crippen LogP contribution < -0.4 is 19.7 Å². The summed E-state index contributed by atoms with van der Waals surface area (Å²) in [5.41, 5.74) is 1.69. The van der Waals surface area contributed by atoms with E-state index < -0.39 is 12.2 Å². The number of nitrogens with zero attached hydrogens (tertiary/aromatic N) is 3. The highest BCUT2D eigenvalue weighted by Crippen LogP contribution is 2.36. The number of hydrogen-bond acceptors (Lipinski definition) is 6. The van der Waals surface area contributed by atoms with E-state index in [1.165, 1.54) is 14.2 Å². The Morgan fingerprint density at radius 3 is 2.68 bits per heavy atom. The smallest absolute Gasteiger partial charge is 0.404 e. The van der Waals surface area contributed by atoms with Crippen LogP contribution in [0, 0.1) is 0 Å². The third-order valence-electron chi connectivity index (χ3n) is 5.29. The van der Waals surface area contributed by atoms with Crippen molar-refractivity contribution in [2.24, 2.45) is 0 Å².